The number of methoxy groups -OCH3 is 1. The van der Waals surface area contributed by atoms with Crippen LogP contribution in [-0.2, 0) is 23.1 Å². The number of aliphatic hydroxyl groups excluding tert-OH is 1. The van der Waals surface area contributed by atoms with Gasteiger partial charge in [0.15, 0.2) is 0 Å². The molecule has 1 saturated heterocycles. The maximum Gasteiger partial charge on any atom is 0.323 e. The van der Waals surface area contributed by atoms with E-state index in [9.17, 15) is 9.90 Å². The van der Waals surface area contributed by atoms with E-state index in [-0.39, 0.29) is 5.97 Å². The first kappa shape index (κ1) is 12.0. The molecule has 0 radical (unpaired) electrons. The molecule has 0 spiro atoms. The van der Waals surface area contributed by atoms with Crippen molar-refractivity contribution in [2.24, 2.45) is 7.05 Å². The SMILES string of the molecule is COC(=O)C1CC(O)CN1Cc1ncnn1C. The van der Waals surface area contributed by atoms with E-state index in [0.717, 1.165) is 5.82 Å². The van der Waals surface area contributed by atoms with E-state index in [2.05, 4.69) is 10.1 Å². The Kier molecular flexibility index (Phi) is 3.39. The van der Waals surface area contributed by atoms with E-state index in [1.54, 1.807) is 11.7 Å². The third-order valence-electron chi connectivity index (χ3n) is 3.00. The van der Waals surface area contributed by atoms with E-state index in [0.29, 0.717) is 19.5 Å². The highest BCUT2D eigenvalue weighted by Gasteiger charge is 2.37. The number of likely N-dealkylation sites (tertiary alicyclic amines) is 1. The average molecular weight is 240 g/mol. The summed E-state index contributed by atoms with van der Waals surface area (Å²) in [4.78, 5) is 17.5. The van der Waals surface area contributed by atoms with Gasteiger partial charge in [-0.25, -0.2) is 4.98 Å². The van der Waals surface area contributed by atoms with Crippen molar-refractivity contribution in [2.75, 3.05) is 13.7 Å². The predicted molar refractivity (Wildman–Crippen MR) is 57.8 cm³/mol. The van der Waals surface area contributed by atoms with Crippen LogP contribution in [0.1, 0.15) is 12.2 Å². The topological polar surface area (TPSA) is 80.5 Å². The fourth-order valence-electron chi connectivity index (χ4n) is 2.08. The van der Waals surface area contributed by atoms with Crippen molar-refractivity contribution < 1.29 is 14.6 Å². The monoisotopic (exact) mass is 240 g/mol. The van der Waals surface area contributed by atoms with Gasteiger partial charge in [0.1, 0.15) is 18.2 Å². The standard InChI is InChI=1S/C10H16N4O3/c1-13-9(11-6-12-13)5-14-4-7(15)3-8(14)10(16)17-2/h6-8,15H,3-5H2,1-2H3. The quantitative estimate of drug-likeness (QED) is 0.677. The van der Waals surface area contributed by atoms with Crippen LogP contribution in [0.15, 0.2) is 6.33 Å². The zero-order chi connectivity index (χ0) is 12.4. The molecule has 2 unspecified atom stereocenters. The summed E-state index contributed by atoms with van der Waals surface area (Å²) in [6, 6.07) is -0.397. The third-order valence-corrected chi connectivity index (χ3v) is 3.00. The zero-order valence-electron chi connectivity index (χ0n) is 9.91. The first-order valence-electron chi connectivity index (χ1n) is 5.44. The minimum Gasteiger partial charge on any atom is -0.468 e. The molecule has 0 aromatic carbocycles. The minimum atomic E-state index is -0.493. The molecule has 0 amide bonds. The molecule has 17 heavy (non-hydrogen) atoms. The van der Waals surface area contributed by atoms with Crippen molar-refractivity contribution in [3.8, 4) is 0 Å². The number of nitrogens with zero attached hydrogens (tertiary/aromatic N) is 4. The predicted octanol–water partition coefficient (Wildman–Crippen LogP) is -1.08. The average Bonchev–Trinajstić information content (AvgIpc) is 2.86. The van der Waals surface area contributed by atoms with Crippen LogP contribution in [0.3, 0.4) is 0 Å². The van der Waals surface area contributed by atoms with Crippen LogP contribution in [0.5, 0.6) is 0 Å². The molecule has 94 valence electrons. The van der Waals surface area contributed by atoms with Gasteiger partial charge in [0.05, 0.1) is 19.8 Å². The van der Waals surface area contributed by atoms with E-state index in [1.807, 2.05) is 4.90 Å². The highest BCUT2D eigenvalue weighted by molar-refractivity contribution is 5.76. The van der Waals surface area contributed by atoms with Crippen LogP contribution in [0, 0.1) is 0 Å². The van der Waals surface area contributed by atoms with E-state index in [1.165, 1.54) is 13.4 Å². The summed E-state index contributed by atoms with van der Waals surface area (Å²) in [5.74, 6) is 0.441. The largest absolute Gasteiger partial charge is 0.468 e. The molecule has 1 fully saturated rings. The summed E-state index contributed by atoms with van der Waals surface area (Å²) in [5.41, 5.74) is 0. The first-order valence-corrected chi connectivity index (χ1v) is 5.44. The Morgan fingerprint density at radius 1 is 1.71 bits per heavy atom. The maximum atomic E-state index is 11.6. The lowest BCUT2D eigenvalue weighted by molar-refractivity contribution is -0.146. The number of hydrogen-bond donors (Lipinski definition) is 1. The molecule has 1 aromatic heterocycles. The molecule has 1 aliphatic rings. The van der Waals surface area contributed by atoms with Crippen molar-refractivity contribution in [3.05, 3.63) is 12.2 Å². The Balaban J connectivity index is 2.08. The van der Waals surface area contributed by atoms with Crippen LogP contribution < -0.4 is 0 Å². The Morgan fingerprint density at radius 2 is 2.47 bits per heavy atom. The van der Waals surface area contributed by atoms with Crippen LogP contribution in [-0.4, -0.2) is 56.5 Å². The number of esters is 1. The van der Waals surface area contributed by atoms with Crippen molar-refractivity contribution in [1.82, 2.24) is 19.7 Å². The van der Waals surface area contributed by atoms with Crippen LogP contribution in [0.4, 0.5) is 0 Å². The Morgan fingerprint density at radius 3 is 3.06 bits per heavy atom. The minimum absolute atomic E-state index is 0.316. The Bertz CT molecular complexity index is 406. The highest BCUT2D eigenvalue weighted by Crippen LogP contribution is 2.20. The molecule has 0 bridgehead atoms. The van der Waals surface area contributed by atoms with Gasteiger partial charge < -0.3 is 9.84 Å². The van der Waals surface area contributed by atoms with E-state index < -0.39 is 12.1 Å². The van der Waals surface area contributed by atoms with Gasteiger partial charge in [0.25, 0.3) is 0 Å². The molecule has 1 aliphatic heterocycles. The molecule has 2 atom stereocenters. The number of β-amino-alcohol motifs (C(OH)–C–C–N with tert-alkyl or cyclic N) is 1. The summed E-state index contributed by atoms with van der Waals surface area (Å²) in [5, 5.41) is 13.6. The summed E-state index contributed by atoms with van der Waals surface area (Å²) >= 11 is 0. The number of aryl methyl sites for hydroxylation is 1. The number of hydrogen-bond acceptors (Lipinski definition) is 6. The molecule has 7 heteroatoms. The van der Waals surface area contributed by atoms with Crippen LogP contribution in [0.2, 0.25) is 0 Å². The lowest BCUT2D eigenvalue weighted by Crippen LogP contribution is -2.37. The highest BCUT2D eigenvalue weighted by atomic mass is 16.5. The summed E-state index contributed by atoms with van der Waals surface area (Å²) < 4.78 is 6.38. The normalized spacial score (nSPS) is 25.1. The lowest BCUT2D eigenvalue weighted by Gasteiger charge is -2.20. The molecule has 2 rings (SSSR count). The van der Waals surface area contributed by atoms with E-state index in [4.69, 9.17) is 4.74 Å². The molecular weight excluding hydrogens is 224 g/mol. The van der Waals surface area contributed by atoms with Gasteiger partial charge in [-0.2, -0.15) is 5.10 Å². The zero-order valence-corrected chi connectivity index (χ0v) is 9.91. The van der Waals surface area contributed by atoms with Crippen LogP contribution in [0.25, 0.3) is 0 Å². The second-order valence-electron chi connectivity index (χ2n) is 4.16. The van der Waals surface area contributed by atoms with Gasteiger partial charge >= 0.3 is 5.97 Å². The summed E-state index contributed by atoms with van der Waals surface area (Å²) in [6.45, 7) is 0.931. The first-order chi connectivity index (χ1) is 8.11. The molecule has 1 N–H and O–H groups in total. The van der Waals surface area contributed by atoms with Crippen LogP contribution >= 0.6 is 0 Å². The molecule has 7 nitrogen and oxygen atoms in total. The summed E-state index contributed by atoms with van der Waals surface area (Å²) in [7, 11) is 3.15. The maximum absolute atomic E-state index is 11.6. The van der Waals surface area contributed by atoms with Gasteiger partial charge in [-0.15, -0.1) is 0 Å². The number of aliphatic hydroxyl groups is 1. The molecule has 0 aliphatic carbocycles. The Hall–Kier alpha value is -1.47. The van der Waals surface area contributed by atoms with Crippen molar-refractivity contribution in [3.63, 3.8) is 0 Å². The van der Waals surface area contributed by atoms with Gasteiger partial charge in [0, 0.05) is 20.0 Å². The molecule has 2 heterocycles. The molecule has 0 saturated carbocycles. The number of carbonyl (C=O) groups is 1. The smallest absolute Gasteiger partial charge is 0.323 e. The summed E-state index contributed by atoms with van der Waals surface area (Å²) in [6.07, 6.45) is 1.38. The number of ether oxygens (including phenoxy) is 1. The van der Waals surface area contributed by atoms with Gasteiger partial charge in [-0.3, -0.25) is 14.4 Å². The second kappa shape index (κ2) is 4.80. The lowest BCUT2D eigenvalue weighted by atomic mass is 10.2. The third kappa shape index (κ3) is 2.45. The second-order valence-corrected chi connectivity index (χ2v) is 4.16. The van der Waals surface area contributed by atoms with Gasteiger partial charge in [-0.05, 0) is 0 Å². The number of rotatable bonds is 3. The molecular formula is C10H16N4O3. The van der Waals surface area contributed by atoms with Gasteiger partial charge in [-0.1, -0.05) is 0 Å². The fourth-order valence-corrected chi connectivity index (χ4v) is 2.08. The Labute approximate surface area is 99.0 Å². The van der Waals surface area contributed by atoms with Gasteiger partial charge in [0.2, 0.25) is 0 Å². The van der Waals surface area contributed by atoms with Crippen molar-refractivity contribution >= 4 is 5.97 Å². The number of aromatic nitrogens is 3. The van der Waals surface area contributed by atoms with E-state index >= 15 is 0 Å². The number of carbonyl (C=O) groups excluding carboxylic acids is 1. The fraction of sp³-hybridized carbons (Fsp3) is 0.700. The van der Waals surface area contributed by atoms with Crippen molar-refractivity contribution in [2.45, 2.75) is 25.1 Å². The van der Waals surface area contributed by atoms with Crippen molar-refractivity contribution in [1.29, 1.82) is 0 Å². The molecule has 1 aromatic rings.